The van der Waals surface area contributed by atoms with Crippen molar-refractivity contribution < 1.29 is 74.1 Å². The van der Waals surface area contributed by atoms with Crippen LogP contribution in [0.15, 0.2) is 45.6 Å². The summed E-state index contributed by atoms with van der Waals surface area (Å²) in [6.45, 7) is -1.39. The van der Waals surface area contributed by atoms with Gasteiger partial charge in [0.1, 0.15) is 77.0 Å². The van der Waals surface area contributed by atoms with Crippen LogP contribution in [0.25, 0.3) is 22.3 Å². The fourth-order valence-electron chi connectivity index (χ4n) is 4.98. The Kier molecular flexibility index (Phi) is 9.28. The highest BCUT2D eigenvalue weighted by atomic mass is 16.7. The minimum Gasteiger partial charge on any atom is -0.508 e. The third kappa shape index (κ3) is 5.80. The second-order valence-corrected chi connectivity index (χ2v) is 10.3. The van der Waals surface area contributed by atoms with Gasteiger partial charge in [0.25, 0.3) is 0 Å². The van der Waals surface area contributed by atoms with Gasteiger partial charge in [0.2, 0.25) is 23.8 Å². The summed E-state index contributed by atoms with van der Waals surface area (Å²) >= 11 is 0. The summed E-state index contributed by atoms with van der Waals surface area (Å²) in [5.41, 5.74) is -0.742. The number of aliphatic hydroxyl groups excluding tert-OH is 8. The number of ether oxygens (including phenoxy) is 5. The van der Waals surface area contributed by atoms with Crippen molar-refractivity contribution in [3.63, 3.8) is 0 Å². The number of aliphatic hydroxyl groups is 8. The van der Waals surface area contributed by atoms with Crippen LogP contribution in [0.4, 0.5) is 0 Å². The summed E-state index contributed by atoms with van der Waals surface area (Å²) in [5, 5.41) is 90.2. The highest BCUT2D eigenvalue weighted by Gasteiger charge is 2.46. The molecule has 0 bridgehead atoms. The molecule has 2 aromatic carbocycles. The van der Waals surface area contributed by atoms with E-state index in [9.17, 15) is 50.8 Å². The van der Waals surface area contributed by atoms with Crippen molar-refractivity contribution in [2.75, 3.05) is 20.3 Å². The van der Waals surface area contributed by atoms with Gasteiger partial charge in [0, 0.05) is 17.7 Å². The molecule has 2 fully saturated rings. The Morgan fingerprint density at radius 3 is 1.82 bits per heavy atom. The molecule has 5 rings (SSSR count). The number of benzene rings is 2. The van der Waals surface area contributed by atoms with Crippen molar-refractivity contribution in [1.82, 2.24) is 0 Å². The predicted octanol–water partition coefficient (Wildman–Crippen LogP) is -2.47. The number of phenolic OH excluding ortho intramolecular Hbond substituents is 1. The van der Waals surface area contributed by atoms with Crippen molar-refractivity contribution in [2.24, 2.45) is 0 Å². The van der Waals surface area contributed by atoms with E-state index in [1.807, 2.05) is 0 Å². The number of fused-ring (bicyclic) bond motifs is 1. The zero-order chi connectivity index (χ0) is 31.9. The summed E-state index contributed by atoms with van der Waals surface area (Å²) in [6, 6.07) is 7.90. The molecule has 44 heavy (non-hydrogen) atoms. The molecule has 0 radical (unpaired) electrons. The lowest BCUT2D eigenvalue weighted by atomic mass is 9.99. The lowest BCUT2D eigenvalue weighted by Gasteiger charge is -2.39. The van der Waals surface area contributed by atoms with Crippen LogP contribution in [0.1, 0.15) is 0 Å². The number of hydrogen-bond donors (Lipinski definition) is 9. The Bertz CT molecular complexity index is 1500. The van der Waals surface area contributed by atoms with E-state index in [2.05, 4.69) is 0 Å². The van der Waals surface area contributed by atoms with Crippen molar-refractivity contribution >= 4 is 11.0 Å². The Morgan fingerprint density at radius 1 is 0.750 bits per heavy atom. The molecule has 240 valence electrons. The van der Waals surface area contributed by atoms with Gasteiger partial charge in [-0.3, -0.25) is 4.79 Å². The number of hydrogen-bond acceptors (Lipinski definition) is 16. The Hall–Kier alpha value is -3.55. The highest BCUT2D eigenvalue weighted by molar-refractivity contribution is 5.88. The SMILES string of the molecule is COc1cc(O)cc2oc(-c3ccc(O[C@@H]4O[C@H](CO)[C@@H](O)[C@H](O)[C@H]4O)cc3)c(O[C@@H]3O[C@@H](CO)[C@H](O)[C@@H](O)[C@@H]3O)c(=O)c12. The van der Waals surface area contributed by atoms with Crippen molar-refractivity contribution in [3.8, 4) is 34.3 Å². The van der Waals surface area contributed by atoms with E-state index in [-0.39, 0.29) is 39.5 Å². The molecule has 9 N–H and O–H groups in total. The predicted molar refractivity (Wildman–Crippen MR) is 145 cm³/mol. The largest absolute Gasteiger partial charge is 0.508 e. The van der Waals surface area contributed by atoms with E-state index in [1.54, 1.807) is 0 Å². The molecule has 2 aliphatic heterocycles. The molecule has 0 amide bonds. The molecule has 1 aromatic heterocycles. The van der Waals surface area contributed by atoms with Gasteiger partial charge in [0.05, 0.1) is 20.3 Å². The molecular formula is C28H32O16. The summed E-state index contributed by atoms with van der Waals surface area (Å²) in [6.07, 6.45) is -16.0. The smallest absolute Gasteiger partial charge is 0.239 e. The van der Waals surface area contributed by atoms with E-state index >= 15 is 0 Å². The van der Waals surface area contributed by atoms with Crippen LogP contribution >= 0.6 is 0 Å². The maximum Gasteiger partial charge on any atom is 0.239 e. The summed E-state index contributed by atoms with van der Waals surface area (Å²) in [5.74, 6) is -1.01. The van der Waals surface area contributed by atoms with E-state index in [0.29, 0.717) is 0 Å². The van der Waals surface area contributed by atoms with Gasteiger partial charge in [-0.2, -0.15) is 0 Å². The lowest BCUT2D eigenvalue weighted by molar-refractivity contribution is -0.277. The van der Waals surface area contributed by atoms with Gasteiger partial charge in [0.15, 0.2) is 5.76 Å². The van der Waals surface area contributed by atoms with Crippen LogP contribution in [0.3, 0.4) is 0 Å². The minimum atomic E-state index is -1.85. The fraction of sp³-hybridized carbons (Fsp3) is 0.464. The normalized spacial score (nSPS) is 32.4. The van der Waals surface area contributed by atoms with E-state index in [1.165, 1.54) is 37.4 Å². The van der Waals surface area contributed by atoms with Crippen molar-refractivity contribution in [2.45, 2.75) is 61.4 Å². The Morgan fingerprint density at radius 2 is 1.30 bits per heavy atom. The first-order chi connectivity index (χ1) is 21.0. The number of aromatic hydroxyl groups is 1. The highest BCUT2D eigenvalue weighted by Crippen LogP contribution is 2.38. The molecule has 10 atom stereocenters. The molecule has 16 nitrogen and oxygen atoms in total. The lowest BCUT2D eigenvalue weighted by Crippen LogP contribution is -2.60. The molecule has 3 aromatic rings. The topological polar surface area (TPSA) is 258 Å². The first-order valence-corrected chi connectivity index (χ1v) is 13.4. The van der Waals surface area contributed by atoms with E-state index < -0.39 is 85.8 Å². The number of methoxy groups -OCH3 is 1. The fourth-order valence-corrected chi connectivity index (χ4v) is 4.98. The van der Waals surface area contributed by atoms with Gasteiger partial charge >= 0.3 is 0 Å². The molecule has 3 heterocycles. The first kappa shape index (κ1) is 31.9. The monoisotopic (exact) mass is 624 g/mol. The van der Waals surface area contributed by atoms with Crippen LogP contribution in [0, 0.1) is 0 Å². The molecular weight excluding hydrogens is 592 g/mol. The Balaban J connectivity index is 1.53. The maximum atomic E-state index is 13.8. The number of rotatable bonds is 8. The van der Waals surface area contributed by atoms with Gasteiger partial charge in [-0.05, 0) is 24.3 Å². The zero-order valence-electron chi connectivity index (χ0n) is 23.0. The van der Waals surface area contributed by atoms with Crippen LogP contribution < -0.4 is 19.6 Å². The molecule has 0 spiro atoms. The van der Waals surface area contributed by atoms with Crippen LogP contribution in [-0.2, 0) is 9.47 Å². The third-order valence-electron chi connectivity index (χ3n) is 7.42. The van der Waals surface area contributed by atoms with Crippen LogP contribution in [0.5, 0.6) is 23.0 Å². The molecule has 0 unspecified atom stereocenters. The zero-order valence-corrected chi connectivity index (χ0v) is 23.0. The quantitative estimate of drug-likeness (QED) is 0.126. The molecule has 0 aliphatic carbocycles. The summed E-state index contributed by atoms with van der Waals surface area (Å²) < 4.78 is 33.3. The van der Waals surface area contributed by atoms with E-state index in [0.717, 1.165) is 6.07 Å². The standard InChI is InChI=1S/C28H32O16/c1-39-13-6-11(31)7-14-17(13)20(34)26(44-28-24(38)22(36)19(33)16(9-30)43-28)25(41-14)10-2-4-12(5-3-10)40-27-23(37)21(35)18(32)15(8-29)42-27/h2-7,15-16,18-19,21-24,27-33,35-38H,8-9H2,1H3/t15-,16+,18-,19+,21+,22-,23-,24+,27-,28+/m1/s1. The average Bonchev–Trinajstić information content (AvgIpc) is 3.02. The van der Waals surface area contributed by atoms with E-state index in [4.69, 9.17) is 28.1 Å². The summed E-state index contributed by atoms with van der Waals surface area (Å²) in [4.78, 5) is 13.8. The van der Waals surface area contributed by atoms with Gasteiger partial charge in [-0.1, -0.05) is 0 Å². The average molecular weight is 625 g/mol. The molecule has 2 aliphatic rings. The second-order valence-electron chi connectivity index (χ2n) is 10.3. The first-order valence-electron chi connectivity index (χ1n) is 13.4. The van der Waals surface area contributed by atoms with Crippen LogP contribution in [-0.4, -0.2) is 128 Å². The van der Waals surface area contributed by atoms with Gasteiger partial charge in [-0.15, -0.1) is 0 Å². The van der Waals surface area contributed by atoms with Crippen molar-refractivity contribution in [3.05, 3.63) is 46.6 Å². The third-order valence-corrected chi connectivity index (χ3v) is 7.42. The second kappa shape index (κ2) is 12.8. The maximum absolute atomic E-state index is 13.8. The summed E-state index contributed by atoms with van der Waals surface area (Å²) in [7, 11) is 1.26. The van der Waals surface area contributed by atoms with Gasteiger partial charge < -0.3 is 74.1 Å². The number of phenols is 1. The Labute approximate surface area is 248 Å². The van der Waals surface area contributed by atoms with Gasteiger partial charge in [-0.25, -0.2) is 0 Å². The molecule has 16 heteroatoms. The molecule has 0 saturated carbocycles. The van der Waals surface area contributed by atoms with Crippen LogP contribution in [0.2, 0.25) is 0 Å². The molecule has 2 saturated heterocycles. The van der Waals surface area contributed by atoms with Crippen molar-refractivity contribution in [1.29, 1.82) is 0 Å². The minimum absolute atomic E-state index is 0.0674.